The summed E-state index contributed by atoms with van der Waals surface area (Å²) >= 11 is 0. The van der Waals surface area contributed by atoms with Crippen LogP contribution in [-0.2, 0) is 8.85 Å². The van der Waals surface area contributed by atoms with Gasteiger partial charge in [0.05, 0.1) is 11.7 Å². The summed E-state index contributed by atoms with van der Waals surface area (Å²) < 4.78 is 13.6. The Morgan fingerprint density at radius 1 is 0.933 bits per heavy atom. The van der Waals surface area contributed by atoms with Crippen LogP contribution in [0.1, 0.15) is 80.6 Å². The van der Waals surface area contributed by atoms with Crippen LogP contribution < -0.4 is 0 Å². The first-order valence-corrected chi connectivity index (χ1v) is 17.9. The van der Waals surface area contributed by atoms with E-state index in [4.69, 9.17) is 8.85 Å². The third kappa shape index (κ3) is 4.85. The Morgan fingerprint density at radius 2 is 1.50 bits per heavy atom. The van der Waals surface area contributed by atoms with E-state index < -0.39 is 22.2 Å². The van der Waals surface area contributed by atoms with Crippen LogP contribution in [0.2, 0.25) is 36.3 Å². The van der Waals surface area contributed by atoms with E-state index in [9.17, 15) is 5.11 Å². The number of rotatable bonds is 5. The van der Waals surface area contributed by atoms with Crippen LogP contribution >= 0.6 is 0 Å². The summed E-state index contributed by atoms with van der Waals surface area (Å²) in [4.78, 5) is 0. The lowest BCUT2D eigenvalue weighted by Gasteiger charge is -2.58. The van der Waals surface area contributed by atoms with Gasteiger partial charge in [-0.2, -0.15) is 0 Å². The van der Waals surface area contributed by atoms with Gasteiger partial charge >= 0.3 is 0 Å². The second kappa shape index (κ2) is 8.44. The molecule has 0 aromatic rings. The molecule has 0 aliphatic heterocycles. The van der Waals surface area contributed by atoms with Crippen LogP contribution in [0.5, 0.6) is 0 Å². The molecule has 3 nitrogen and oxygen atoms in total. The molecule has 1 fully saturated rings. The third-order valence-electron chi connectivity index (χ3n) is 9.27. The van der Waals surface area contributed by atoms with E-state index in [0.717, 1.165) is 25.7 Å². The molecule has 1 saturated carbocycles. The van der Waals surface area contributed by atoms with Crippen LogP contribution in [0.4, 0.5) is 0 Å². The standard InChI is InChI=1S/C25H50O3Si2/c1-22(2,3)29(8,9)27-19-20-15-16-21(28-30(10,11)23(4,5)6)24(7)17-13-12-14-18-25(20,24)26/h12,14,20-21,26H,13,15-19H2,1-11H3/t20-,21-,24-,25+/m1/s1. The summed E-state index contributed by atoms with van der Waals surface area (Å²) in [6.07, 6.45) is 9.31. The predicted molar refractivity (Wildman–Crippen MR) is 134 cm³/mol. The molecule has 2 aliphatic carbocycles. The molecule has 0 spiro atoms. The third-order valence-corrected chi connectivity index (χ3v) is 18.3. The van der Waals surface area contributed by atoms with Crippen LogP contribution in [-0.4, -0.2) is 40.1 Å². The molecule has 2 aliphatic rings. The lowest BCUT2D eigenvalue weighted by molar-refractivity contribution is -0.197. The molecule has 1 N–H and O–H groups in total. The Hall–Kier alpha value is 0.0538. The highest BCUT2D eigenvalue weighted by atomic mass is 28.4. The minimum Gasteiger partial charge on any atom is -0.416 e. The lowest BCUT2D eigenvalue weighted by Crippen LogP contribution is -2.64. The van der Waals surface area contributed by atoms with E-state index in [2.05, 4.69) is 86.8 Å². The average molecular weight is 455 g/mol. The van der Waals surface area contributed by atoms with Gasteiger partial charge in [0.1, 0.15) is 0 Å². The SMILES string of the molecule is CC(C)(C)[Si](C)(C)OC[C@H]1CC[C@@H](O[Si](C)(C)C(C)(C)C)[C@@]2(C)CCC=CC[C@]12O. The number of allylic oxidation sites excluding steroid dienone is 1. The molecule has 0 aromatic heterocycles. The van der Waals surface area contributed by atoms with Gasteiger partial charge in [-0.3, -0.25) is 0 Å². The maximum atomic E-state index is 12.3. The zero-order valence-electron chi connectivity index (χ0n) is 21.8. The van der Waals surface area contributed by atoms with Gasteiger partial charge in [0.15, 0.2) is 16.6 Å². The van der Waals surface area contributed by atoms with E-state index >= 15 is 0 Å². The molecule has 30 heavy (non-hydrogen) atoms. The zero-order valence-corrected chi connectivity index (χ0v) is 23.8. The molecule has 0 radical (unpaired) electrons. The highest BCUT2D eigenvalue weighted by molar-refractivity contribution is 6.74. The minimum absolute atomic E-state index is 0.118. The number of fused-ring (bicyclic) bond motifs is 1. The topological polar surface area (TPSA) is 38.7 Å². The second-order valence-corrected chi connectivity index (χ2v) is 22.8. The minimum atomic E-state index is -1.92. The summed E-state index contributed by atoms with van der Waals surface area (Å²) in [6.45, 7) is 26.1. The Balaban J connectivity index is 2.32. The van der Waals surface area contributed by atoms with Gasteiger partial charge < -0.3 is 14.0 Å². The second-order valence-electron chi connectivity index (χ2n) is 13.3. The Kier molecular flexibility index (Phi) is 7.40. The van der Waals surface area contributed by atoms with Gasteiger partial charge in [-0.25, -0.2) is 0 Å². The van der Waals surface area contributed by atoms with Crippen molar-refractivity contribution in [1.29, 1.82) is 0 Å². The van der Waals surface area contributed by atoms with Crippen LogP contribution in [0.3, 0.4) is 0 Å². The smallest absolute Gasteiger partial charge is 0.192 e. The summed E-state index contributed by atoms with van der Waals surface area (Å²) in [5.74, 6) is 0.165. The molecule has 5 heteroatoms. The number of hydrogen-bond acceptors (Lipinski definition) is 3. The molecule has 176 valence electrons. The maximum Gasteiger partial charge on any atom is 0.192 e. The van der Waals surface area contributed by atoms with Crippen LogP contribution in [0.15, 0.2) is 12.2 Å². The predicted octanol–water partition coefficient (Wildman–Crippen LogP) is 7.29. The molecular weight excluding hydrogens is 404 g/mol. The van der Waals surface area contributed by atoms with E-state index in [0.29, 0.717) is 13.0 Å². The average Bonchev–Trinajstić information content (AvgIpc) is 2.72. The molecule has 4 atom stereocenters. The van der Waals surface area contributed by atoms with E-state index in [1.54, 1.807) is 0 Å². The van der Waals surface area contributed by atoms with E-state index in [1.807, 2.05) is 0 Å². The number of aliphatic hydroxyl groups is 1. The quantitative estimate of drug-likeness (QED) is 0.350. The fourth-order valence-electron chi connectivity index (χ4n) is 4.66. The molecule has 0 unspecified atom stereocenters. The fraction of sp³-hybridized carbons (Fsp3) is 0.920. The van der Waals surface area contributed by atoms with Crippen molar-refractivity contribution in [3.05, 3.63) is 12.2 Å². The largest absolute Gasteiger partial charge is 0.416 e. The van der Waals surface area contributed by atoms with E-state index in [1.165, 1.54) is 0 Å². The van der Waals surface area contributed by atoms with Crippen molar-refractivity contribution in [3.8, 4) is 0 Å². The summed E-state index contributed by atoms with van der Waals surface area (Å²) in [5, 5.41) is 12.6. The summed E-state index contributed by atoms with van der Waals surface area (Å²) in [6, 6.07) is 0. The normalized spacial score (nSPS) is 33.9. The molecule has 0 amide bonds. The van der Waals surface area contributed by atoms with Crippen molar-refractivity contribution >= 4 is 16.6 Å². The number of hydrogen-bond donors (Lipinski definition) is 1. The van der Waals surface area contributed by atoms with Gasteiger partial charge in [0, 0.05) is 17.9 Å². The van der Waals surface area contributed by atoms with Crippen molar-refractivity contribution in [1.82, 2.24) is 0 Å². The monoisotopic (exact) mass is 454 g/mol. The van der Waals surface area contributed by atoms with Crippen molar-refractivity contribution in [2.24, 2.45) is 11.3 Å². The van der Waals surface area contributed by atoms with Gasteiger partial charge in [-0.05, 0) is 68.4 Å². The first kappa shape index (κ1) is 26.3. The molecule has 2 rings (SSSR count). The van der Waals surface area contributed by atoms with Crippen LogP contribution in [0, 0.1) is 11.3 Å². The molecule has 0 bridgehead atoms. The summed E-state index contributed by atoms with van der Waals surface area (Å²) in [5.41, 5.74) is -1.01. The first-order valence-electron chi connectivity index (χ1n) is 12.1. The van der Waals surface area contributed by atoms with Crippen LogP contribution in [0.25, 0.3) is 0 Å². The fourth-order valence-corrected chi connectivity index (χ4v) is 7.16. The Morgan fingerprint density at radius 3 is 2.03 bits per heavy atom. The van der Waals surface area contributed by atoms with Gasteiger partial charge in [0.25, 0.3) is 0 Å². The highest BCUT2D eigenvalue weighted by Gasteiger charge is 2.60. The molecule has 0 aromatic carbocycles. The zero-order chi connectivity index (χ0) is 23.2. The van der Waals surface area contributed by atoms with Gasteiger partial charge in [0.2, 0.25) is 0 Å². The maximum absolute atomic E-state index is 12.3. The first-order chi connectivity index (χ1) is 13.4. The van der Waals surface area contributed by atoms with Gasteiger partial charge in [-0.1, -0.05) is 60.6 Å². The molecule has 0 heterocycles. The van der Waals surface area contributed by atoms with Crippen molar-refractivity contribution in [3.63, 3.8) is 0 Å². The van der Waals surface area contributed by atoms with Crippen molar-refractivity contribution < 1.29 is 14.0 Å². The van der Waals surface area contributed by atoms with Crippen molar-refractivity contribution in [2.75, 3.05) is 6.61 Å². The van der Waals surface area contributed by atoms with E-state index in [-0.39, 0.29) is 27.5 Å². The summed E-state index contributed by atoms with van der Waals surface area (Å²) in [7, 11) is -3.77. The molecule has 0 saturated heterocycles. The van der Waals surface area contributed by atoms with Gasteiger partial charge in [-0.15, -0.1) is 0 Å². The Bertz CT molecular complexity index is 629. The Labute approximate surface area is 189 Å². The molecular formula is C25H50O3Si2. The lowest BCUT2D eigenvalue weighted by atomic mass is 9.56. The highest BCUT2D eigenvalue weighted by Crippen LogP contribution is 2.56. The van der Waals surface area contributed by atoms with Crippen molar-refractivity contribution in [2.45, 2.75) is 129 Å².